The topological polar surface area (TPSA) is 229 Å². The number of hydrogen-bond acceptors (Lipinski definition) is 10. The van der Waals surface area contributed by atoms with Crippen molar-refractivity contribution in [3.63, 3.8) is 0 Å². The van der Waals surface area contributed by atoms with Gasteiger partial charge in [-0.05, 0) is 103 Å². The molecule has 1 aliphatic carbocycles. The average Bonchev–Trinajstić information content (AvgIpc) is 4.13. The molecular weight excluding hydrogens is 848 g/mol. The van der Waals surface area contributed by atoms with Gasteiger partial charge in [0.05, 0.1) is 6.04 Å². The zero-order valence-corrected chi connectivity index (χ0v) is 37.5. The Hall–Kier alpha value is -7.08. The molecule has 2 aliphatic rings. The maximum absolute atomic E-state index is 15.0. The van der Waals surface area contributed by atoms with E-state index in [1.807, 2.05) is 45.0 Å². The summed E-state index contributed by atoms with van der Waals surface area (Å²) in [5.74, 6) is -1.85. The molecule has 4 aromatic rings. The van der Waals surface area contributed by atoms with E-state index in [9.17, 15) is 33.2 Å². The zero-order valence-electron chi connectivity index (χ0n) is 37.5. The van der Waals surface area contributed by atoms with Crippen LogP contribution in [0.2, 0.25) is 0 Å². The number of aromatic nitrogens is 1. The first-order valence-corrected chi connectivity index (χ1v) is 22.3. The molecule has 350 valence electrons. The molecule has 1 saturated carbocycles. The highest BCUT2D eigenvalue weighted by Crippen LogP contribution is 2.47. The first-order chi connectivity index (χ1) is 31.8. The van der Waals surface area contributed by atoms with E-state index in [0.717, 1.165) is 17.7 Å². The predicted octanol–water partition coefficient (Wildman–Crippen LogP) is 4.86. The Morgan fingerprint density at radius 3 is 2.26 bits per heavy atom. The van der Waals surface area contributed by atoms with Gasteiger partial charge in [-0.15, -0.1) is 0 Å². The van der Waals surface area contributed by atoms with Gasteiger partial charge in [0.25, 0.3) is 5.91 Å². The van der Waals surface area contributed by atoms with Crippen molar-refractivity contribution in [1.29, 1.82) is 0 Å². The van der Waals surface area contributed by atoms with Gasteiger partial charge in [-0.3, -0.25) is 24.2 Å². The molecule has 4 atom stereocenters. The van der Waals surface area contributed by atoms with E-state index in [2.05, 4.69) is 41.8 Å². The third-order valence-electron chi connectivity index (χ3n) is 11.6. The number of primary amides is 1. The van der Waals surface area contributed by atoms with E-state index in [1.165, 1.54) is 6.07 Å². The van der Waals surface area contributed by atoms with Crippen LogP contribution in [0.15, 0.2) is 91.3 Å². The second kappa shape index (κ2) is 23.2. The second-order valence-corrected chi connectivity index (χ2v) is 16.7. The van der Waals surface area contributed by atoms with Crippen molar-refractivity contribution in [3.8, 4) is 0 Å². The maximum atomic E-state index is 15.0. The predicted molar refractivity (Wildman–Crippen MR) is 248 cm³/mol. The number of likely N-dealkylation sites (N-methyl/N-ethyl adjacent to an activating group) is 1. The number of carbonyl (C=O) groups is 6. The number of nitrogens with zero attached hydrogens (tertiary/aromatic N) is 3. The monoisotopic (exact) mass is 906 g/mol. The fourth-order valence-electron chi connectivity index (χ4n) is 7.75. The van der Waals surface area contributed by atoms with Crippen molar-refractivity contribution in [2.24, 2.45) is 17.6 Å². The number of hydrogen-bond donors (Lipinski definition) is 7. The molecule has 6 rings (SSSR count). The molecule has 2 fully saturated rings. The molecule has 8 N–H and O–H groups in total. The van der Waals surface area contributed by atoms with E-state index in [4.69, 9.17) is 10.5 Å². The van der Waals surface area contributed by atoms with Crippen LogP contribution in [0.25, 0.3) is 0 Å². The number of halogens is 1. The highest BCUT2D eigenvalue weighted by atomic mass is 19.1. The van der Waals surface area contributed by atoms with E-state index >= 15 is 0 Å². The van der Waals surface area contributed by atoms with Gasteiger partial charge < -0.3 is 52.2 Å². The summed E-state index contributed by atoms with van der Waals surface area (Å²) in [5, 5.41) is 16.9. The molecule has 18 heteroatoms. The minimum Gasteiger partial charge on any atom is -0.445 e. The van der Waals surface area contributed by atoms with Crippen LogP contribution in [-0.4, -0.2) is 97.0 Å². The maximum Gasteiger partial charge on any atom is 0.410 e. The molecular formula is C48H59FN10O7. The number of piperazine rings is 1. The third kappa shape index (κ3) is 13.7. The van der Waals surface area contributed by atoms with Gasteiger partial charge in [0.2, 0.25) is 17.7 Å². The first kappa shape index (κ1) is 48.4. The van der Waals surface area contributed by atoms with Crippen molar-refractivity contribution in [2.75, 3.05) is 54.8 Å². The number of nitrogens with two attached hydrogens (primary N) is 1. The molecule has 0 unspecified atom stereocenters. The fourth-order valence-corrected chi connectivity index (χ4v) is 7.75. The quantitative estimate of drug-likeness (QED) is 0.0596. The van der Waals surface area contributed by atoms with Crippen LogP contribution in [0.3, 0.4) is 0 Å². The number of carbonyl (C=O) groups excluding carboxylic acids is 6. The lowest BCUT2D eigenvalue weighted by molar-refractivity contribution is -0.128. The van der Waals surface area contributed by atoms with Gasteiger partial charge in [0.15, 0.2) is 0 Å². The van der Waals surface area contributed by atoms with Gasteiger partial charge >= 0.3 is 12.1 Å². The van der Waals surface area contributed by atoms with Crippen molar-refractivity contribution in [2.45, 2.75) is 71.2 Å². The Morgan fingerprint density at radius 2 is 1.61 bits per heavy atom. The second-order valence-electron chi connectivity index (χ2n) is 16.7. The number of pyridine rings is 1. The van der Waals surface area contributed by atoms with Crippen LogP contribution < -0.4 is 42.5 Å². The molecule has 0 spiro atoms. The molecule has 3 aromatic carbocycles. The highest BCUT2D eigenvalue weighted by Gasteiger charge is 2.44. The zero-order chi connectivity index (χ0) is 47.2. The minimum atomic E-state index is -0.863. The van der Waals surface area contributed by atoms with Gasteiger partial charge in [-0.2, -0.15) is 0 Å². The van der Waals surface area contributed by atoms with Crippen LogP contribution in [0, 0.1) is 17.7 Å². The molecule has 2 heterocycles. The lowest BCUT2D eigenvalue weighted by atomic mass is 10.0. The Bertz CT molecular complexity index is 2310. The number of urea groups is 1. The molecule has 1 aliphatic heterocycles. The van der Waals surface area contributed by atoms with E-state index in [1.54, 1.807) is 65.8 Å². The van der Waals surface area contributed by atoms with E-state index in [-0.39, 0.29) is 67.2 Å². The Kier molecular flexibility index (Phi) is 17.0. The van der Waals surface area contributed by atoms with E-state index in [0.29, 0.717) is 61.6 Å². The molecule has 17 nitrogen and oxygen atoms in total. The number of ether oxygens (including phenoxy) is 1. The Balaban J connectivity index is 0.904. The molecule has 1 aromatic heterocycles. The lowest BCUT2D eigenvalue weighted by Gasteiger charge is -2.35. The van der Waals surface area contributed by atoms with Gasteiger partial charge in [0.1, 0.15) is 18.5 Å². The minimum absolute atomic E-state index is 0.00708. The van der Waals surface area contributed by atoms with Crippen molar-refractivity contribution in [1.82, 2.24) is 31.2 Å². The smallest absolute Gasteiger partial charge is 0.410 e. The van der Waals surface area contributed by atoms with E-state index < -0.39 is 35.9 Å². The van der Waals surface area contributed by atoms with Crippen LogP contribution in [0.1, 0.15) is 73.0 Å². The Labute approximate surface area is 383 Å². The molecule has 0 bridgehead atoms. The number of amides is 7. The standard InChI is InChI=1S/C48H59FN10O7/c1-4-52-42(30(2)3)46(63)57-41(8-6-20-53-47(50)64)45(62)55-35-14-9-31(10-15-35)29-66-48(65)59-23-21-58(22-24-59)37-17-12-32(13-18-37)43(60)54-28-34-11-16-36(25-40(34)49)56-44(61)39-26-38(39)33-7-5-19-51-27-33/h5,7,9-19,25,27,30,38-39,41-42,52H,4,6,8,20-24,26,28-29H2,1-3H3,(H,54,60)(H,55,62)(H,56,61)(H,57,63)(H3,50,53,64)/t38-,39+,41+,42+/m1/s1. The summed E-state index contributed by atoms with van der Waals surface area (Å²) in [7, 11) is 0. The van der Waals surface area contributed by atoms with Gasteiger partial charge in [0, 0.05) is 85.8 Å². The SMILES string of the molecule is CCN[C@H](C(=O)N[C@@H](CCCNC(N)=O)C(=O)Nc1ccc(COC(=O)N2CCN(c3ccc(C(=O)NCc4ccc(NC(=O)[C@H]5C[C@@H]5c5cccnc5)cc4F)cc3)CC2)cc1)C(C)C. The molecule has 7 amide bonds. The normalized spacial score (nSPS) is 16.4. The molecule has 66 heavy (non-hydrogen) atoms. The van der Waals surface area contributed by atoms with Crippen LogP contribution >= 0.6 is 0 Å². The first-order valence-electron chi connectivity index (χ1n) is 22.3. The summed E-state index contributed by atoms with van der Waals surface area (Å²) in [6.45, 7) is 8.51. The number of benzene rings is 3. The fraction of sp³-hybridized carbons (Fsp3) is 0.396. The van der Waals surface area contributed by atoms with Crippen molar-refractivity contribution in [3.05, 3.63) is 119 Å². The summed E-state index contributed by atoms with van der Waals surface area (Å²) in [5.41, 5.74) is 9.31. The summed E-state index contributed by atoms with van der Waals surface area (Å²) >= 11 is 0. The van der Waals surface area contributed by atoms with Crippen molar-refractivity contribution >= 4 is 52.8 Å². The summed E-state index contributed by atoms with van der Waals surface area (Å²) in [6.07, 6.45) is 4.39. The lowest BCUT2D eigenvalue weighted by Crippen LogP contribution is -2.53. The van der Waals surface area contributed by atoms with Gasteiger partial charge in [-0.25, -0.2) is 14.0 Å². The van der Waals surface area contributed by atoms with Crippen LogP contribution in [0.4, 0.5) is 31.0 Å². The van der Waals surface area contributed by atoms with Crippen LogP contribution in [0.5, 0.6) is 0 Å². The van der Waals surface area contributed by atoms with Crippen LogP contribution in [-0.2, 0) is 32.3 Å². The average molecular weight is 907 g/mol. The highest BCUT2D eigenvalue weighted by molar-refractivity contribution is 5.98. The summed E-state index contributed by atoms with van der Waals surface area (Å²) < 4.78 is 20.6. The number of anilines is 3. The largest absolute Gasteiger partial charge is 0.445 e. The molecule has 1 saturated heterocycles. The summed E-state index contributed by atoms with van der Waals surface area (Å²) in [6, 6.07) is 20.1. The van der Waals surface area contributed by atoms with Crippen molar-refractivity contribution < 1.29 is 37.9 Å². The number of nitrogens with one attached hydrogen (secondary N) is 6. The summed E-state index contributed by atoms with van der Waals surface area (Å²) in [4.78, 5) is 84.0. The Morgan fingerprint density at radius 1 is 0.879 bits per heavy atom. The third-order valence-corrected chi connectivity index (χ3v) is 11.6. The number of rotatable bonds is 20. The molecule has 0 radical (unpaired) electrons. The van der Waals surface area contributed by atoms with Gasteiger partial charge in [-0.1, -0.05) is 45.0 Å².